The van der Waals surface area contributed by atoms with Gasteiger partial charge >= 0.3 is 5.97 Å². The van der Waals surface area contributed by atoms with Crippen molar-refractivity contribution in [1.29, 1.82) is 5.26 Å². The molecule has 0 aliphatic rings. The molecule has 1 heterocycles. The summed E-state index contributed by atoms with van der Waals surface area (Å²) in [5.74, 6) is -0.681. The molecule has 0 bridgehead atoms. The van der Waals surface area contributed by atoms with Crippen LogP contribution in [0.2, 0.25) is 0 Å². The average molecular weight is 223 g/mol. The van der Waals surface area contributed by atoms with E-state index >= 15 is 0 Å². The Hall–Kier alpha value is -2.23. The predicted octanol–water partition coefficient (Wildman–Crippen LogP) is 0.242. The smallest absolute Gasteiger partial charge is 0.325 e. The van der Waals surface area contributed by atoms with Gasteiger partial charge in [-0.3, -0.25) is 4.79 Å². The minimum Gasteiger partial charge on any atom is -0.480 e. The number of anilines is 2. The molecule has 0 unspecified atom stereocenters. The molecule has 7 heteroatoms. The molecule has 0 fully saturated rings. The number of rotatable bonds is 4. The van der Waals surface area contributed by atoms with Crippen LogP contribution in [0.4, 0.5) is 11.6 Å². The number of carboxylic acid groups (broad SMARTS) is 1. The van der Waals surface area contributed by atoms with Crippen LogP contribution in [0.5, 0.6) is 0 Å². The van der Waals surface area contributed by atoms with E-state index in [1.54, 1.807) is 0 Å². The lowest BCUT2D eigenvalue weighted by molar-refractivity contribution is -0.137. The summed E-state index contributed by atoms with van der Waals surface area (Å²) >= 11 is 0. The summed E-state index contributed by atoms with van der Waals surface area (Å²) in [4.78, 5) is 10.5. The maximum atomic E-state index is 10.5. The van der Waals surface area contributed by atoms with Gasteiger partial charge in [0.2, 0.25) is 0 Å². The molecule has 0 atom stereocenters. The second-order valence-electron chi connectivity index (χ2n) is 3.57. The molecular formula is C9H13N5O2. The van der Waals surface area contributed by atoms with Gasteiger partial charge < -0.3 is 16.2 Å². The Balaban J connectivity index is 3.10. The summed E-state index contributed by atoms with van der Waals surface area (Å²) < 4.78 is 1.09. The molecule has 86 valence electrons. The molecule has 0 aromatic carbocycles. The molecule has 4 N–H and O–H groups in total. The quantitative estimate of drug-likeness (QED) is 0.673. The summed E-state index contributed by atoms with van der Waals surface area (Å²) in [6.07, 6.45) is 0. The third kappa shape index (κ3) is 2.42. The highest BCUT2D eigenvalue weighted by atomic mass is 16.4. The van der Waals surface area contributed by atoms with Crippen LogP contribution >= 0.6 is 0 Å². The molecule has 0 amide bonds. The van der Waals surface area contributed by atoms with E-state index in [4.69, 9.17) is 16.1 Å². The van der Waals surface area contributed by atoms with E-state index in [-0.39, 0.29) is 24.0 Å². The number of nitrogens with zero attached hydrogens (tertiary/aromatic N) is 3. The van der Waals surface area contributed by atoms with Crippen LogP contribution in [0, 0.1) is 11.3 Å². The Morgan fingerprint density at radius 3 is 2.81 bits per heavy atom. The van der Waals surface area contributed by atoms with Crippen LogP contribution in [-0.4, -0.2) is 26.9 Å². The van der Waals surface area contributed by atoms with E-state index in [1.165, 1.54) is 0 Å². The molecule has 1 rings (SSSR count). The van der Waals surface area contributed by atoms with Gasteiger partial charge in [-0.1, -0.05) is 0 Å². The maximum absolute atomic E-state index is 10.5. The van der Waals surface area contributed by atoms with Crippen molar-refractivity contribution in [2.45, 2.75) is 26.4 Å². The number of nitriles is 1. The fraction of sp³-hybridized carbons (Fsp3) is 0.444. The first kappa shape index (κ1) is 11.8. The first-order chi connectivity index (χ1) is 7.45. The van der Waals surface area contributed by atoms with Crippen LogP contribution in [-0.2, 0) is 11.3 Å². The number of aromatic nitrogens is 2. The number of carboxylic acids is 1. The number of nitrogens with one attached hydrogen (secondary N) is 1. The Labute approximate surface area is 92.5 Å². The lowest BCUT2D eigenvalue weighted by Crippen LogP contribution is -2.14. The number of hydrogen-bond acceptors (Lipinski definition) is 5. The number of aliphatic carboxylic acids is 1. The molecule has 0 spiro atoms. The van der Waals surface area contributed by atoms with Crippen molar-refractivity contribution >= 4 is 17.6 Å². The number of nitrogen functional groups attached to an aromatic ring is 1. The van der Waals surface area contributed by atoms with Crippen molar-refractivity contribution < 1.29 is 9.90 Å². The molecule has 0 saturated carbocycles. The molecular weight excluding hydrogens is 210 g/mol. The highest BCUT2D eigenvalue weighted by molar-refractivity contribution is 5.70. The summed E-state index contributed by atoms with van der Waals surface area (Å²) in [5, 5.41) is 24.4. The molecule has 7 nitrogen and oxygen atoms in total. The SMILES string of the molecule is CC(C)Nc1nn(CC(=O)O)c(N)c1C#N. The van der Waals surface area contributed by atoms with E-state index in [9.17, 15) is 4.79 Å². The molecule has 0 aliphatic carbocycles. The first-order valence-electron chi connectivity index (χ1n) is 4.70. The van der Waals surface area contributed by atoms with E-state index < -0.39 is 5.97 Å². The molecule has 0 saturated heterocycles. The number of hydrogen-bond donors (Lipinski definition) is 3. The van der Waals surface area contributed by atoms with Gasteiger partial charge in [0.1, 0.15) is 24.0 Å². The van der Waals surface area contributed by atoms with Gasteiger partial charge in [0.25, 0.3) is 0 Å². The standard InChI is InChI=1S/C9H13N5O2/c1-5(2)12-9-6(3-10)8(11)14(13-9)4-7(15)16/h5H,4,11H2,1-2H3,(H,12,13)(H,15,16). The highest BCUT2D eigenvalue weighted by Gasteiger charge is 2.17. The van der Waals surface area contributed by atoms with Gasteiger partial charge in [-0.25, -0.2) is 4.68 Å². The Kier molecular flexibility index (Phi) is 3.35. The summed E-state index contributed by atoms with van der Waals surface area (Å²) in [6.45, 7) is 3.40. The molecule has 0 aliphatic heterocycles. The second kappa shape index (κ2) is 4.53. The Morgan fingerprint density at radius 1 is 1.75 bits per heavy atom. The van der Waals surface area contributed by atoms with Crippen LogP contribution in [0.3, 0.4) is 0 Å². The molecule has 1 aromatic heterocycles. The third-order valence-electron chi connectivity index (χ3n) is 1.81. The minimum absolute atomic E-state index is 0.0630. The topological polar surface area (TPSA) is 117 Å². The van der Waals surface area contributed by atoms with Gasteiger partial charge in [0.15, 0.2) is 5.82 Å². The fourth-order valence-electron chi connectivity index (χ4n) is 1.21. The van der Waals surface area contributed by atoms with E-state index in [0.29, 0.717) is 5.82 Å². The van der Waals surface area contributed by atoms with Gasteiger partial charge in [-0.05, 0) is 13.8 Å². The normalized spacial score (nSPS) is 10.1. The van der Waals surface area contributed by atoms with Gasteiger partial charge in [-0.15, -0.1) is 0 Å². The summed E-state index contributed by atoms with van der Waals surface area (Å²) in [7, 11) is 0. The molecule has 16 heavy (non-hydrogen) atoms. The number of carbonyl (C=O) groups is 1. The Bertz CT molecular complexity index is 443. The summed E-state index contributed by atoms with van der Waals surface area (Å²) in [5.41, 5.74) is 5.79. The van der Waals surface area contributed by atoms with Crippen molar-refractivity contribution in [3.05, 3.63) is 5.56 Å². The molecule has 1 aromatic rings. The van der Waals surface area contributed by atoms with Crippen molar-refractivity contribution in [3.63, 3.8) is 0 Å². The van der Waals surface area contributed by atoms with Crippen LogP contribution < -0.4 is 11.1 Å². The third-order valence-corrected chi connectivity index (χ3v) is 1.81. The van der Waals surface area contributed by atoms with E-state index in [1.807, 2.05) is 19.9 Å². The zero-order chi connectivity index (χ0) is 12.3. The van der Waals surface area contributed by atoms with Crippen molar-refractivity contribution in [3.8, 4) is 6.07 Å². The predicted molar refractivity (Wildman–Crippen MR) is 57.7 cm³/mol. The fourth-order valence-corrected chi connectivity index (χ4v) is 1.21. The zero-order valence-corrected chi connectivity index (χ0v) is 9.06. The summed E-state index contributed by atoms with van der Waals surface area (Å²) in [6, 6.07) is 1.98. The lowest BCUT2D eigenvalue weighted by atomic mass is 10.3. The van der Waals surface area contributed by atoms with Gasteiger partial charge in [0, 0.05) is 6.04 Å². The van der Waals surface area contributed by atoms with Crippen LogP contribution in [0.1, 0.15) is 19.4 Å². The van der Waals surface area contributed by atoms with Crippen molar-refractivity contribution in [1.82, 2.24) is 9.78 Å². The zero-order valence-electron chi connectivity index (χ0n) is 9.06. The van der Waals surface area contributed by atoms with E-state index in [0.717, 1.165) is 4.68 Å². The molecule has 0 radical (unpaired) electrons. The van der Waals surface area contributed by atoms with Gasteiger partial charge in [-0.2, -0.15) is 10.4 Å². The minimum atomic E-state index is -1.06. The second-order valence-corrected chi connectivity index (χ2v) is 3.57. The average Bonchev–Trinajstić information content (AvgIpc) is 2.41. The van der Waals surface area contributed by atoms with Crippen molar-refractivity contribution in [2.75, 3.05) is 11.1 Å². The van der Waals surface area contributed by atoms with Gasteiger partial charge in [0.05, 0.1) is 0 Å². The van der Waals surface area contributed by atoms with Crippen LogP contribution in [0.15, 0.2) is 0 Å². The lowest BCUT2D eigenvalue weighted by Gasteiger charge is -2.05. The largest absolute Gasteiger partial charge is 0.480 e. The van der Waals surface area contributed by atoms with E-state index in [2.05, 4.69) is 10.4 Å². The monoisotopic (exact) mass is 223 g/mol. The van der Waals surface area contributed by atoms with Crippen molar-refractivity contribution in [2.24, 2.45) is 0 Å². The maximum Gasteiger partial charge on any atom is 0.325 e. The Morgan fingerprint density at radius 2 is 2.38 bits per heavy atom. The number of nitrogens with two attached hydrogens (primary N) is 1. The highest BCUT2D eigenvalue weighted by Crippen LogP contribution is 2.20. The first-order valence-corrected chi connectivity index (χ1v) is 4.70. The van der Waals surface area contributed by atoms with Crippen LogP contribution in [0.25, 0.3) is 0 Å².